The van der Waals surface area contributed by atoms with Crippen LogP contribution in [0.15, 0.2) is 24.3 Å². The Hall–Kier alpha value is -2.90. The molecule has 2 N–H and O–H groups in total. The van der Waals surface area contributed by atoms with Gasteiger partial charge in [-0.3, -0.25) is 0 Å². The number of carboxylic acid groups (broad SMARTS) is 2. The van der Waals surface area contributed by atoms with Gasteiger partial charge in [-0.2, -0.15) is 0 Å². The van der Waals surface area contributed by atoms with Crippen LogP contribution in [0.2, 0.25) is 0 Å². The van der Waals surface area contributed by atoms with Gasteiger partial charge in [-0.25, -0.2) is 9.59 Å². The lowest BCUT2D eigenvalue weighted by Gasteiger charge is -2.28. The summed E-state index contributed by atoms with van der Waals surface area (Å²) in [5.41, 5.74) is 4.07. The molecular weight excluding hydrogens is 480 g/mol. The van der Waals surface area contributed by atoms with Crippen molar-refractivity contribution in [3.63, 3.8) is 0 Å². The summed E-state index contributed by atoms with van der Waals surface area (Å²) in [6.07, 6.45) is 11.2. The molecule has 2 saturated heterocycles. The van der Waals surface area contributed by atoms with Gasteiger partial charge in [0.25, 0.3) is 0 Å². The molecule has 0 aromatic heterocycles. The van der Waals surface area contributed by atoms with Crippen LogP contribution in [0.25, 0.3) is 0 Å². The monoisotopic (exact) mass is 520 g/mol. The number of aromatic carboxylic acids is 2. The second-order valence-electron chi connectivity index (χ2n) is 11.1. The van der Waals surface area contributed by atoms with Gasteiger partial charge in [-0.15, -0.1) is 0 Å². The molecule has 7 heteroatoms. The fourth-order valence-corrected chi connectivity index (χ4v) is 6.43. The molecular formula is C31H40N2O5. The SMILES string of the molecule is O=C(O)c1ccc2c(c1)Cc1c(cc(CCCN3CCCCC3)c(C(=O)O)c1CCCN1CCCCC1)O2. The Morgan fingerprint density at radius 2 is 1.39 bits per heavy atom. The van der Waals surface area contributed by atoms with E-state index >= 15 is 0 Å². The van der Waals surface area contributed by atoms with Gasteiger partial charge in [-0.05, 0) is 126 Å². The zero-order valence-corrected chi connectivity index (χ0v) is 22.3. The third-order valence-electron chi connectivity index (χ3n) is 8.42. The molecule has 0 radical (unpaired) electrons. The first-order valence-corrected chi connectivity index (χ1v) is 14.4. The molecule has 204 valence electrons. The van der Waals surface area contributed by atoms with E-state index in [9.17, 15) is 19.8 Å². The second kappa shape index (κ2) is 12.3. The number of carbonyl (C=O) groups is 2. The zero-order valence-electron chi connectivity index (χ0n) is 22.3. The first-order chi connectivity index (χ1) is 18.5. The van der Waals surface area contributed by atoms with E-state index in [1.54, 1.807) is 18.2 Å². The van der Waals surface area contributed by atoms with E-state index in [1.165, 1.54) is 38.5 Å². The van der Waals surface area contributed by atoms with Crippen LogP contribution in [0.3, 0.4) is 0 Å². The van der Waals surface area contributed by atoms with Gasteiger partial charge in [0.1, 0.15) is 11.5 Å². The maximum atomic E-state index is 12.7. The van der Waals surface area contributed by atoms with Crippen LogP contribution in [0.1, 0.15) is 94.3 Å². The molecule has 2 fully saturated rings. The van der Waals surface area contributed by atoms with Crippen molar-refractivity contribution in [3.05, 3.63) is 57.6 Å². The van der Waals surface area contributed by atoms with Crippen LogP contribution in [0, 0.1) is 0 Å². The van der Waals surface area contributed by atoms with Crippen LogP contribution in [0.4, 0.5) is 0 Å². The number of ether oxygens (including phenoxy) is 1. The summed E-state index contributed by atoms with van der Waals surface area (Å²) >= 11 is 0. The number of fused-ring (bicyclic) bond motifs is 2. The van der Waals surface area contributed by atoms with E-state index in [0.717, 1.165) is 80.1 Å². The topological polar surface area (TPSA) is 90.3 Å². The molecule has 3 heterocycles. The smallest absolute Gasteiger partial charge is 0.336 e. The Morgan fingerprint density at radius 3 is 2.00 bits per heavy atom. The molecule has 0 amide bonds. The molecule has 5 rings (SSSR count). The number of hydrogen-bond donors (Lipinski definition) is 2. The molecule has 2 aromatic carbocycles. The number of rotatable bonds is 10. The van der Waals surface area contributed by atoms with Gasteiger partial charge in [0.2, 0.25) is 0 Å². The van der Waals surface area contributed by atoms with Gasteiger partial charge >= 0.3 is 11.9 Å². The normalized spacial score (nSPS) is 17.9. The lowest BCUT2D eigenvalue weighted by molar-refractivity contribution is 0.0684. The van der Waals surface area contributed by atoms with Crippen molar-refractivity contribution in [2.45, 2.75) is 70.6 Å². The third-order valence-corrected chi connectivity index (χ3v) is 8.42. The summed E-state index contributed by atoms with van der Waals surface area (Å²) in [5, 5.41) is 19.9. The number of aryl methyl sites for hydroxylation is 1. The van der Waals surface area contributed by atoms with Crippen LogP contribution in [-0.2, 0) is 19.3 Å². The number of carboxylic acids is 2. The van der Waals surface area contributed by atoms with Crippen LogP contribution in [-0.4, -0.2) is 71.2 Å². The molecule has 0 bridgehead atoms. The van der Waals surface area contributed by atoms with E-state index in [1.807, 2.05) is 6.07 Å². The highest BCUT2D eigenvalue weighted by Crippen LogP contribution is 2.41. The van der Waals surface area contributed by atoms with E-state index in [4.69, 9.17) is 4.74 Å². The van der Waals surface area contributed by atoms with Gasteiger partial charge in [-0.1, -0.05) is 12.8 Å². The Morgan fingerprint density at radius 1 is 0.763 bits per heavy atom. The minimum atomic E-state index is -0.976. The van der Waals surface area contributed by atoms with Crippen molar-refractivity contribution in [3.8, 4) is 11.5 Å². The zero-order chi connectivity index (χ0) is 26.5. The predicted octanol–water partition coefficient (Wildman–Crippen LogP) is 5.62. The largest absolute Gasteiger partial charge is 0.478 e. The average molecular weight is 521 g/mol. The third kappa shape index (κ3) is 6.21. The van der Waals surface area contributed by atoms with Crippen molar-refractivity contribution in [2.75, 3.05) is 39.3 Å². The summed E-state index contributed by atoms with van der Waals surface area (Å²) in [6.45, 7) is 6.46. The molecule has 38 heavy (non-hydrogen) atoms. The van der Waals surface area contributed by atoms with Crippen LogP contribution >= 0.6 is 0 Å². The molecule has 7 nitrogen and oxygen atoms in total. The molecule has 0 unspecified atom stereocenters. The molecule has 0 atom stereocenters. The predicted molar refractivity (Wildman–Crippen MR) is 147 cm³/mol. The summed E-state index contributed by atoms with van der Waals surface area (Å²) in [5.74, 6) is -0.468. The first kappa shape index (κ1) is 26.7. The van der Waals surface area contributed by atoms with Crippen molar-refractivity contribution in [1.29, 1.82) is 0 Å². The highest BCUT2D eigenvalue weighted by Gasteiger charge is 2.28. The maximum absolute atomic E-state index is 12.7. The molecule has 2 aromatic rings. The standard InChI is InChI=1S/C31H40N2O5/c34-30(35)23-11-12-27-24(19-23)20-26-25(10-8-18-33-15-5-2-6-16-33)29(31(36)37)22(21-28(26)38-27)9-7-17-32-13-3-1-4-14-32/h11-12,19,21H,1-10,13-18,20H2,(H,34,35)(H,36,37). The maximum Gasteiger partial charge on any atom is 0.336 e. The second-order valence-corrected chi connectivity index (χ2v) is 11.1. The van der Waals surface area contributed by atoms with Crippen molar-refractivity contribution < 1.29 is 24.5 Å². The molecule has 3 aliphatic rings. The van der Waals surface area contributed by atoms with Gasteiger partial charge in [0, 0.05) is 17.5 Å². The van der Waals surface area contributed by atoms with E-state index in [0.29, 0.717) is 30.6 Å². The highest BCUT2D eigenvalue weighted by molar-refractivity contribution is 5.92. The lowest BCUT2D eigenvalue weighted by atomic mass is 9.86. The van der Waals surface area contributed by atoms with E-state index in [2.05, 4.69) is 9.80 Å². The summed E-state index contributed by atoms with van der Waals surface area (Å²) in [4.78, 5) is 29.3. The molecule has 0 saturated carbocycles. The summed E-state index contributed by atoms with van der Waals surface area (Å²) < 4.78 is 6.31. The summed E-state index contributed by atoms with van der Waals surface area (Å²) in [6, 6.07) is 6.89. The number of nitrogens with zero attached hydrogens (tertiary/aromatic N) is 2. The fourth-order valence-electron chi connectivity index (χ4n) is 6.43. The Kier molecular flexibility index (Phi) is 8.65. The van der Waals surface area contributed by atoms with Crippen molar-refractivity contribution in [2.24, 2.45) is 0 Å². The molecule has 0 spiro atoms. The van der Waals surface area contributed by atoms with Crippen LogP contribution < -0.4 is 4.74 Å². The summed E-state index contributed by atoms with van der Waals surface area (Å²) in [7, 11) is 0. The minimum absolute atomic E-state index is 0.218. The molecule has 0 aliphatic carbocycles. The van der Waals surface area contributed by atoms with E-state index in [-0.39, 0.29) is 5.56 Å². The van der Waals surface area contributed by atoms with Gasteiger partial charge in [0.05, 0.1) is 11.1 Å². The number of benzene rings is 2. The van der Waals surface area contributed by atoms with E-state index < -0.39 is 11.9 Å². The van der Waals surface area contributed by atoms with Crippen molar-refractivity contribution in [1.82, 2.24) is 9.80 Å². The Bertz CT molecular complexity index is 1170. The average Bonchev–Trinajstić information content (AvgIpc) is 2.92. The first-order valence-electron chi connectivity index (χ1n) is 14.4. The Balaban J connectivity index is 1.43. The minimum Gasteiger partial charge on any atom is -0.478 e. The van der Waals surface area contributed by atoms with Crippen LogP contribution in [0.5, 0.6) is 11.5 Å². The quantitative estimate of drug-likeness (QED) is 0.359. The fraction of sp³-hybridized carbons (Fsp3) is 0.548. The number of piperidine rings is 2. The van der Waals surface area contributed by atoms with Crippen molar-refractivity contribution >= 4 is 11.9 Å². The number of hydrogen-bond acceptors (Lipinski definition) is 5. The Labute approximate surface area is 225 Å². The highest BCUT2D eigenvalue weighted by atomic mass is 16.5. The molecule has 3 aliphatic heterocycles. The lowest BCUT2D eigenvalue weighted by Crippen LogP contribution is -2.31. The number of likely N-dealkylation sites (tertiary alicyclic amines) is 2. The van der Waals surface area contributed by atoms with Gasteiger partial charge in [0.15, 0.2) is 0 Å². The van der Waals surface area contributed by atoms with Gasteiger partial charge < -0.3 is 24.7 Å².